The van der Waals surface area contributed by atoms with E-state index in [0.717, 1.165) is 6.20 Å². The van der Waals surface area contributed by atoms with Crippen molar-refractivity contribution in [2.24, 2.45) is 0 Å². The molecule has 0 unspecified atom stereocenters. The Labute approximate surface area is 161 Å². The number of esters is 2. The predicted octanol–water partition coefficient (Wildman–Crippen LogP) is 4.45. The van der Waals surface area contributed by atoms with Gasteiger partial charge >= 0.3 is 18.1 Å². The predicted molar refractivity (Wildman–Crippen MR) is 89.3 cm³/mol. The van der Waals surface area contributed by atoms with Crippen molar-refractivity contribution >= 4 is 11.9 Å². The van der Waals surface area contributed by atoms with Crippen LogP contribution in [0.1, 0.15) is 52.4 Å². The maximum absolute atomic E-state index is 13.6. The molecule has 0 aliphatic rings. The number of hydrogen-bond donors (Lipinski definition) is 0. The molecule has 0 aromatic carbocycles. The molecule has 6 nitrogen and oxygen atoms in total. The number of pyridine rings is 2. The molecule has 0 N–H and O–H groups in total. The normalized spacial score (nSPS) is 11.4. The zero-order chi connectivity index (χ0) is 21.8. The van der Waals surface area contributed by atoms with Crippen LogP contribution in [0.3, 0.4) is 0 Å². The average molecular weight is 418 g/mol. The molecule has 0 saturated carbocycles. The highest BCUT2D eigenvalue weighted by Gasteiger charge is 2.43. The van der Waals surface area contributed by atoms with Crippen molar-refractivity contribution in [3.63, 3.8) is 0 Å². The van der Waals surface area contributed by atoms with Gasteiger partial charge < -0.3 is 9.47 Å². The minimum absolute atomic E-state index is 0.187. The summed E-state index contributed by atoms with van der Waals surface area (Å²) in [4.78, 5) is 31.5. The SMILES string of the molecule is CCOC(=O)c1c(C(F)F)nc(C(F)(F)F)c(C(=O)OCC)c1-c1cccnc1. The number of halogens is 5. The summed E-state index contributed by atoms with van der Waals surface area (Å²) in [6.07, 6.45) is -6.54. The fraction of sp³-hybridized carbons (Fsp3) is 0.333. The smallest absolute Gasteiger partial charge is 0.434 e. The van der Waals surface area contributed by atoms with Gasteiger partial charge in [0.1, 0.15) is 5.69 Å². The molecular weight excluding hydrogens is 403 g/mol. The molecule has 2 rings (SSSR count). The molecule has 0 aliphatic heterocycles. The second-order valence-electron chi connectivity index (χ2n) is 5.45. The first kappa shape index (κ1) is 22.2. The highest BCUT2D eigenvalue weighted by Crippen LogP contribution is 2.41. The quantitative estimate of drug-likeness (QED) is 0.509. The second-order valence-corrected chi connectivity index (χ2v) is 5.45. The van der Waals surface area contributed by atoms with E-state index in [2.05, 4.69) is 14.7 Å². The van der Waals surface area contributed by atoms with Crippen LogP contribution in [-0.2, 0) is 15.7 Å². The fourth-order valence-corrected chi connectivity index (χ4v) is 2.58. The third-order valence-corrected chi connectivity index (χ3v) is 3.61. The Balaban J connectivity index is 3.08. The number of carbonyl (C=O) groups excluding carboxylic acids is 2. The van der Waals surface area contributed by atoms with Gasteiger partial charge in [-0.05, 0) is 19.9 Å². The van der Waals surface area contributed by atoms with E-state index in [1.54, 1.807) is 0 Å². The van der Waals surface area contributed by atoms with Crippen LogP contribution in [0, 0.1) is 0 Å². The van der Waals surface area contributed by atoms with E-state index in [4.69, 9.17) is 4.74 Å². The molecular formula is C18H15F5N2O4. The van der Waals surface area contributed by atoms with Crippen molar-refractivity contribution < 1.29 is 41.0 Å². The molecule has 0 spiro atoms. The topological polar surface area (TPSA) is 78.4 Å². The van der Waals surface area contributed by atoms with Crippen molar-refractivity contribution in [1.29, 1.82) is 0 Å². The second kappa shape index (κ2) is 8.93. The van der Waals surface area contributed by atoms with Crippen LogP contribution in [0.5, 0.6) is 0 Å². The fourth-order valence-electron chi connectivity index (χ4n) is 2.58. The van der Waals surface area contributed by atoms with Crippen LogP contribution in [0.4, 0.5) is 22.0 Å². The van der Waals surface area contributed by atoms with Gasteiger partial charge in [-0.2, -0.15) is 13.2 Å². The molecule has 2 aromatic rings. The van der Waals surface area contributed by atoms with Crippen LogP contribution >= 0.6 is 0 Å². The Bertz CT molecular complexity index is 901. The van der Waals surface area contributed by atoms with Gasteiger partial charge in [0, 0.05) is 23.5 Å². The van der Waals surface area contributed by atoms with Gasteiger partial charge in [0.25, 0.3) is 6.43 Å². The van der Waals surface area contributed by atoms with Crippen molar-refractivity contribution in [2.45, 2.75) is 26.4 Å². The molecule has 0 radical (unpaired) electrons. The third kappa shape index (κ3) is 4.66. The first-order valence-corrected chi connectivity index (χ1v) is 8.31. The van der Waals surface area contributed by atoms with Crippen molar-refractivity contribution in [1.82, 2.24) is 9.97 Å². The lowest BCUT2D eigenvalue weighted by Crippen LogP contribution is -2.24. The third-order valence-electron chi connectivity index (χ3n) is 3.61. The van der Waals surface area contributed by atoms with Crippen LogP contribution in [0.25, 0.3) is 11.1 Å². The van der Waals surface area contributed by atoms with Gasteiger partial charge in [-0.25, -0.2) is 23.4 Å². The Hall–Kier alpha value is -3.11. The van der Waals surface area contributed by atoms with E-state index in [9.17, 15) is 31.5 Å². The van der Waals surface area contributed by atoms with Crippen molar-refractivity contribution in [2.75, 3.05) is 13.2 Å². The zero-order valence-electron chi connectivity index (χ0n) is 15.2. The number of rotatable bonds is 6. The first-order chi connectivity index (χ1) is 13.6. The van der Waals surface area contributed by atoms with Gasteiger partial charge in [-0.15, -0.1) is 0 Å². The lowest BCUT2D eigenvalue weighted by molar-refractivity contribution is -0.142. The maximum Gasteiger partial charge on any atom is 0.434 e. The summed E-state index contributed by atoms with van der Waals surface area (Å²) in [5.74, 6) is -2.83. The Morgan fingerprint density at radius 1 is 1.07 bits per heavy atom. The molecule has 29 heavy (non-hydrogen) atoms. The highest BCUT2D eigenvalue weighted by atomic mass is 19.4. The van der Waals surface area contributed by atoms with E-state index in [1.807, 2.05) is 0 Å². The van der Waals surface area contributed by atoms with Gasteiger partial charge in [-0.3, -0.25) is 4.98 Å². The molecule has 11 heteroatoms. The number of aromatic nitrogens is 2. The summed E-state index contributed by atoms with van der Waals surface area (Å²) < 4.78 is 77.5. The van der Waals surface area contributed by atoms with E-state index in [-0.39, 0.29) is 18.8 Å². The molecule has 0 fully saturated rings. The number of nitrogens with zero attached hydrogens (tertiary/aromatic N) is 2. The average Bonchev–Trinajstić information content (AvgIpc) is 2.66. The van der Waals surface area contributed by atoms with Gasteiger partial charge in [0.2, 0.25) is 0 Å². The van der Waals surface area contributed by atoms with Crippen molar-refractivity contribution in [3.8, 4) is 11.1 Å². The number of ether oxygens (including phenoxy) is 2. The van der Waals surface area contributed by atoms with Gasteiger partial charge in [0.05, 0.1) is 24.3 Å². The standard InChI is InChI=1S/C18H15F5N2O4/c1-3-28-16(26)11-10(9-6-5-7-24-8-9)12(17(27)29-4-2)14(18(21,22)23)25-13(11)15(19)20/h5-8,15H,3-4H2,1-2H3. The Kier molecular flexibility index (Phi) is 6.83. The summed E-state index contributed by atoms with van der Waals surface area (Å²) in [5, 5.41) is 0. The van der Waals surface area contributed by atoms with E-state index < -0.39 is 52.6 Å². The molecule has 0 amide bonds. The van der Waals surface area contributed by atoms with E-state index in [0.29, 0.717) is 0 Å². The van der Waals surface area contributed by atoms with Crippen LogP contribution in [0.2, 0.25) is 0 Å². The molecule has 0 atom stereocenters. The monoisotopic (exact) mass is 418 g/mol. The molecule has 0 bridgehead atoms. The minimum Gasteiger partial charge on any atom is -0.462 e. The Morgan fingerprint density at radius 2 is 1.66 bits per heavy atom. The number of carbonyl (C=O) groups is 2. The summed E-state index contributed by atoms with van der Waals surface area (Å²) in [7, 11) is 0. The summed E-state index contributed by atoms with van der Waals surface area (Å²) in [6, 6.07) is 2.51. The Morgan fingerprint density at radius 3 is 2.10 bits per heavy atom. The number of alkyl halides is 5. The number of hydrogen-bond acceptors (Lipinski definition) is 6. The first-order valence-electron chi connectivity index (χ1n) is 8.31. The molecule has 156 valence electrons. The van der Waals surface area contributed by atoms with Crippen LogP contribution in [0.15, 0.2) is 24.5 Å². The summed E-state index contributed by atoms with van der Waals surface area (Å²) >= 11 is 0. The lowest BCUT2D eigenvalue weighted by atomic mass is 9.92. The zero-order valence-corrected chi connectivity index (χ0v) is 15.2. The highest BCUT2D eigenvalue weighted by molar-refractivity contribution is 6.07. The summed E-state index contributed by atoms with van der Waals surface area (Å²) in [6.45, 7) is 2.19. The van der Waals surface area contributed by atoms with Gasteiger partial charge in [0.15, 0.2) is 5.69 Å². The van der Waals surface area contributed by atoms with E-state index in [1.165, 1.54) is 32.2 Å². The maximum atomic E-state index is 13.6. The van der Waals surface area contributed by atoms with E-state index >= 15 is 0 Å². The molecule has 2 heterocycles. The largest absolute Gasteiger partial charge is 0.462 e. The molecule has 0 aliphatic carbocycles. The minimum atomic E-state index is -5.28. The van der Waals surface area contributed by atoms with Crippen LogP contribution in [-0.4, -0.2) is 35.1 Å². The van der Waals surface area contributed by atoms with Gasteiger partial charge in [-0.1, -0.05) is 6.07 Å². The van der Waals surface area contributed by atoms with Crippen molar-refractivity contribution in [3.05, 3.63) is 47.0 Å². The molecule has 2 aromatic heterocycles. The lowest BCUT2D eigenvalue weighted by Gasteiger charge is -2.20. The molecule has 0 saturated heterocycles. The summed E-state index contributed by atoms with van der Waals surface area (Å²) in [5.41, 5.74) is -6.38. The van der Waals surface area contributed by atoms with Crippen LogP contribution < -0.4 is 0 Å².